The SMILES string of the molecule is BrC1(Br)CC=C(c2sccc2-c2cccs2)S1. The molecule has 0 bridgehead atoms. The molecule has 88 valence electrons. The number of halogens is 2. The topological polar surface area (TPSA) is 0 Å². The Balaban J connectivity index is 1.98. The maximum absolute atomic E-state index is 3.68. The highest BCUT2D eigenvalue weighted by atomic mass is 79.9. The summed E-state index contributed by atoms with van der Waals surface area (Å²) in [6, 6.07) is 6.51. The summed E-state index contributed by atoms with van der Waals surface area (Å²) in [6.45, 7) is 0. The van der Waals surface area contributed by atoms with Crippen molar-refractivity contribution < 1.29 is 0 Å². The van der Waals surface area contributed by atoms with Crippen LogP contribution in [0.3, 0.4) is 0 Å². The van der Waals surface area contributed by atoms with Crippen LogP contribution in [0, 0.1) is 0 Å². The first-order valence-electron chi connectivity index (χ1n) is 5.04. The van der Waals surface area contributed by atoms with Gasteiger partial charge in [0.05, 0.1) is 0 Å². The summed E-state index contributed by atoms with van der Waals surface area (Å²) in [5.41, 5.74) is 1.36. The number of thiophene rings is 2. The van der Waals surface area contributed by atoms with Crippen molar-refractivity contribution in [2.24, 2.45) is 0 Å². The summed E-state index contributed by atoms with van der Waals surface area (Å²) >= 11 is 12.8. The molecular weight excluding hydrogens is 400 g/mol. The fourth-order valence-electron chi connectivity index (χ4n) is 1.72. The number of allylic oxidation sites excluding steroid dienone is 1. The van der Waals surface area contributed by atoms with Crippen LogP contribution in [0.4, 0.5) is 0 Å². The first kappa shape index (κ1) is 12.5. The maximum atomic E-state index is 3.68. The minimum atomic E-state index is -0.00789. The maximum Gasteiger partial charge on any atom is 0.133 e. The molecule has 0 fully saturated rings. The van der Waals surface area contributed by atoms with Crippen molar-refractivity contribution in [3.8, 4) is 10.4 Å². The summed E-state index contributed by atoms with van der Waals surface area (Å²) in [6.07, 6.45) is 3.31. The van der Waals surface area contributed by atoms with Crippen molar-refractivity contribution in [2.75, 3.05) is 0 Å². The Morgan fingerprint density at radius 2 is 2.00 bits per heavy atom. The Morgan fingerprint density at radius 3 is 2.65 bits per heavy atom. The van der Waals surface area contributed by atoms with E-state index in [2.05, 4.69) is 66.9 Å². The number of thioether (sulfide) groups is 1. The van der Waals surface area contributed by atoms with Crippen molar-refractivity contribution in [2.45, 2.75) is 8.99 Å². The Kier molecular flexibility index (Phi) is 3.56. The summed E-state index contributed by atoms with van der Waals surface area (Å²) in [7, 11) is 0. The largest absolute Gasteiger partial charge is 0.144 e. The fourth-order valence-corrected chi connectivity index (χ4v) is 5.89. The standard InChI is InChI=1S/C12H8Br2S3/c13-12(14)5-3-10(17-12)11-8(4-7-16-11)9-2-1-6-15-9/h1-4,6-7H,5H2. The lowest BCUT2D eigenvalue weighted by molar-refractivity contribution is 1.18. The van der Waals surface area contributed by atoms with Crippen LogP contribution >= 0.6 is 66.3 Å². The van der Waals surface area contributed by atoms with Crippen LogP contribution in [0.15, 0.2) is 35.0 Å². The summed E-state index contributed by atoms with van der Waals surface area (Å²) in [4.78, 5) is 4.11. The van der Waals surface area contributed by atoms with Crippen molar-refractivity contribution in [3.05, 3.63) is 39.9 Å². The van der Waals surface area contributed by atoms with E-state index in [9.17, 15) is 0 Å². The molecule has 0 saturated heterocycles. The Hall–Kier alpha value is 0.450. The lowest BCUT2D eigenvalue weighted by Gasteiger charge is -2.11. The van der Waals surface area contributed by atoms with Gasteiger partial charge in [0, 0.05) is 26.6 Å². The van der Waals surface area contributed by atoms with Gasteiger partial charge in [-0.15, -0.1) is 22.7 Å². The molecule has 1 aliphatic rings. The van der Waals surface area contributed by atoms with E-state index in [1.54, 1.807) is 11.3 Å². The lowest BCUT2D eigenvalue weighted by Crippen LogP contribution is -1.96. The van der Waals surface area contributed by atoms with Crippen molar-refractivity contribution >= 4 is 71.2 Å². The van der Waals surface area contributed by atoms with Crippen LogP contribution in [0.25, 0.3) is 15.3 Å². The molecule has 0 amide bonds. The molecule has 0 spiro atoms. The molecule has 0 unspecified atom stereocenters. The fraction of sp³-hybridized carbons (Fsp3) is 0.167. The monoisotopic (exact) mass is 406 g/mol. The summed E-state index contributed by atoms with van der Waals surface area (Å²) < 4.78 is -0.00789. The zero-order valence-electron chi connectivity index (χ0n) is 8.65. The molecule has 5 heteroatoms. The lowest BCUT2D eigenvalue weighted by atomic mass is 10.2. The Bertz CT molecular complexity index is 552. The Labute approximate surface area is 129 Å². The van der Waals surface area contributed by atoms with E-state index in [0.717, 1.165) is 6.42 Å². The quantitative estimate of drug-likeness (QED) is 0.519. The molecule has 3 heterocycles. The highest BCUT2D eigenvalue weighted by molar-refractivity contribution is 9.28. The van der Waals surface area contributed by atoms with Gasteiger partial charge in [-0.05, 0) is 22.9 Å². The number of rotatable bonds is 2. The van der Waals surface area contributed by atoms with Crippen LogP contribution in [0.1, 0.15) is 11.3 Å². The molecule has 0 radical (unpaired) electrons. The van der Waals surface area contributed by atoms with Gasteiger partial charge in [0.25, 0.3) is 0 Å². The molecule has 0 nitrogen and oxygen atoms in total. The molecule has 2 aromatic rings. The average molecular weight is 408 g/mol. The number of alkyl halides is 2. The third-order valence-electron chi connectivity index (χ3n) is 2.46. The third-order valence-corrected chi connectivity index (χ3v) is 7.11. The van der Waals surface area contributed by atoms with E-state index in [4.69, 9.17) is 0 Å². The van der Waals surface area contributed by atoms with Gasteiger partial charge < -0.3 is 0 Å². The van der Waals surface area contributed by atoms with E-state index in [-0.39, 0.29) is 2.57 Å². The van der Waals surface area contributed by atoms with Gasteiger partial charge in [-0.25, -0.2) is 0 Å². The highest BCUT2D eigenvalue weighted by Gasteiger charge is 2.31. The summed E-state index contributed by atoms with van der Waals surface area (Å²) in [5.74, 6) is 0. The predicted molar refractivity (Wildman–Crippen MR) is 88.4 cm³/mol. The molecule has 0 aliphatic carbocycles. The molecule has 3 rings (SSSR count). The smallest absolute Gasteiger partial charge is 0.133 e. The van der Waals surface area contributed by atoms with Gasteiger partial charge >= 0.3 is 0 Å². The zero-order chi connectivity index (χ0) is 11.9. The van der Waals surface area contributed by atoms with Crippen LogP contribution in [0.5, 0.6) is 0 Å². The van der Waals surface area contributed by atoms with Gasteiger partial charge in [-0.1, -0.05) is 55.8 Å². The van der Waals surface area contributed by atoms with Gasteiger partial charge in [0.1, 0.15) is 2.57 Å². The van der Waals surface area contributed by atoms with Crippen LogP contribution in [0.2, 0.25) is 0 Å². The summed E-state index contributed by atoms with van der Waals surface area (Å²) in [5, 5.41) is 4.31. The minimum absolute atomic E-state index is 0.00789. The first-order valence-corrected chi connectivity index (χ1v) is 9.21. The average Bonchev–Trinajstić information content (AvgIpc) is 2.93. The van der Waals surface area contributed by atoms with E-state index < -0.39 is 0 Å². The van der Waals surface area contributed by atoms with E-state index in [1.165, 1.54) is 20.2 Å². The normalized spacial score (nSPS) is 18.4. The Morgan fingerprint density at radius 1 is 1.12 bits per heavy atom. The van der Waals surface area contributed by atoms with Gasteiger partial charge in [0.15, 0.2) is 0 Å². The second-order valence-corrected chi connectivity index (χ2v) is 11.7. The third kappa shape index (κ3) is 2.59. The van der Waals surface area contributed by atoms with E-state index in [1.807, 2.05) is 23.1 Å². The van der Waals surface area contributed by atoms with Gasteiger partial charge in [-0.3, -0.25) is 0 Å². The molecule has 0 saturated carbocycles. The first-order chi connectivity index (χ1) is 8.16. The van der Waals surface area contributed by atoms with Gasteiger partial charge in [0.2, 0.25) is 0 Å². The van der Waals surface area contributed by atoms with Crippen molar-refractivity contribution in [3.63, 3.8) is 0 Å². The molecule has 1 aliphatic heterocycles. The molecular formula is C12H8Br2S3. The van der Waals surface area contributed by atoms with Crippen LogP contribution < -0.4 is 0 Å². The van der Waals surface area contributed by atoms with E-state index >= 15 is 0 Å². The molecule has 2 aromatic heterocycles. The number of hydrogen-bond acceptors (Lipinski definition) is 3. The highest BCUT2D eigenvalue weighted by Crippen LogP contribution is 2.56. The second kappa shape index (κ2) is 4.85. The zero-order valence-corrected chi connectivity index (χ0v) is 14.3. The molecule has 17 heavy (non-hydrogen) atoms. The van der Waals surface area contributed by atoms with E-state index in [0.29, 0.717) is 0 Å². The molecule has 0 aromatic carbocycles. The molecule has 0 atom stereocenters. The number of hydrogen-bond donors (Lipinski definition) is 0. The molecule has 0 N–H and O–H groups in total. The minimum Gasteiger partial charge on any atom is -0.144 e. The van der Waals surface area contributed by atoms with Crippen molar-refractivity contribution in [1.82, 2.24) is 0 Å². The second-order valence-electron chi connectivity index (χ2n) is 3.65. The van der Waals surface area contributed by atoms with Gasteiger partial charge in [-0.2, -0.15) is 0 Å². The van der Waals surface area contributed by atoms with Crippen LogP contribution in [-0.2, 0) is 0 Å². The predicted octanol–water partition coefficient (Wildman–Crippen LogP) is 6.40. The van der Waals surface area contributed by atoms with Crippen molar-refractivity contribution in [1.29, 1.82) is 0 Å². The van der Waals surface area contributed by atoms with Crippen LogP contribution in [-0.4, -0.2) is 2.57 Å².